The summed E-state index contributed by atoms with van der Waals surface area (Å²) < 4.78 is 54.2. The van der Waals surface area contributed by atoms with Crippen molar-refractivity contribution in [2.75, 3.05) is 20.7 Å². The quantitative estimate of drug-likeness (QED) is 0.389. The van der Waals surface area contributed by atoms with Crippen LogP contribution < -0.4 is 9.47 Å². The van der Waals surface area contributed by atoms with Gasteiger partial charge in [-0.25, -0.2) is 9.59 Å². The van der Waals surface area contributed by atoms with E-state index >= 15 is 0 Å². The second-order valence-corrected chi connectivity index (χ2v) is 10.5. The largest absolute Gasteiger partial charge is 0.493 e. The summed E-state index contributed by atoms with van der Waals surface area (Å²) in [4.78, 5) is 46.4. The van der Waals surface area contributed by atoms with Crippen LogP contribution in [0.4, 0.5) is 13.2 Å². The molecular weight excluding hydrogens is 571 g/mol. The number of carboxylic acid groups (broad SMARTS) is 2. The highest BCUT2D eigenvalue weighted by Gasteiger charge is 2.72. The number of methoxy groups -OCH3 is 1. The summed E-state index contributed by atoms with van der Waals surface area (Å²) in [6.45, 7) is 1.99. The maximum Gasteiger partial charge on any atom is 0.490 e. The Morgan fingerprint density at radius 3 is 2.40 bits per heavy atom. The fraction of sp³-hybridized carbons (Fsp3) is 0.556. The fourth-order valence-corrected chi connectivity index (χ4v) is 6.28. The van der Waals surface area contributed by atoms with Crippen molar-refractivity contribution >= 4 is 23.9 Å². The number of carboxylic acids is 2. The number of rotatable bonds is 7. The zero-order valence-electron chi connectivity index (χ0n) is 22.9. The number of carbonyl (C=O) groups excluding carboxylic acids is 2. The van der Waals surface area contributed by atoms with Crippen LogP contribution in [0.1, 0.15) is 43.7 Å². The van der Waals surface area contributed by atoms with Crippen LogP contribution >= 0.6 is 0 Å². The summed E-state index contributed by atoms with van der Waals surface area (Å²) >= 11 is 0. The molecule has 12 nitrogen and oxygen atoms in total. The van der Waals surface area contributed by atoms with Crippen LogP contribution in [0.3, 0.4) is 0 Å². The number of aliphatic carboxylic acids is 2. The van der Waals surface area contributed by atoms with Crippen molar-refractivity contribution in [2.24, 2.45) is 0 Å². The lowest BCUT2D eigenvalue weighted by Gasteiger charge is -2.61. The van der Waals surface area contributed by atoms with E-state index in [0.29, 0.717) is 36.5 Å². The Balaban J connectivity index is 0.000000517. The molecule has 1 unspecified atom stereocenters. The molecule has 1 spiro atoms. The number of esters is 2. The molecule has 2 aliphatic heterocycles. The van der Waals surface area contributed by atoms with Crippen LogP contribution in [-0.2, 0) is 40.5 Å². The minimum atomic E-state index is -5.08. The highest BCUT2D eigenvalue weighted by Crippen LogP contribution is 2.65. The Labute approximate surface area is 237 Å². The molecule has 5 rings (SSSR count). The molecule has 2 heterocycles. The highest BCUT2D eigenvalue weighted by molar-refractivity contribution is 5.81. The first kappa shape index (κ1) is 31.1. The molecule has 0 radical (unpaired) electrons. The third kappa shape index (κ3) is 5.15. The highest BCUT2D eigenvalue weighted by atomic mass is 19.4. The molecule has 4 aliphatic rings. The smallest absolute Gasteiger partial charge is 0.490 e. The second-order valence-electron chi connectivity index (χ2n) is 10.5. The van der Waals surface area contributed by atoms with Gasteiger partial charge >= 0.3 is 30.1 Å². The van der Waals surface area contributed by atoms with Gasteiger partial charge in [-0.3, -0.25) is 9.59 Å². The number of benzene rings is 1. The Morgan fingerprint density at radius 1 is 1.17 bits per heavy atom. The standard InChI is InChI=1S/C25H29NO9.C2HF3O2/c1-13(23(29)30)33-18(27)6-7-19(28)34-16-8-9-25(31)17-12-14-4-5-15(32-3)21-20(14)24(25,22(16)35-21)10-11-26(17)2;3-2(4,5)1(6)7/h4-5,8,13,17,22,31H,6-7,9-12H2,1-3H3,(H,29,30);(H,6,7)/t13?,17-,22+,24+,25-;/m1./s1. The molecule has 0 saturated carbocycles. The predicted molar refractivity (Wildman–Crippen MR) is 134 cm³/mol. The van der Waals surface area contributed by atoms with Crippen LogP contribution in [0, 0.1) is 0 Å². The second kappa shape index (κ2) is 11.1. The number of aliphatic hydroxyl groups is 1. The Morgan fingerprint density at radius 2 is 1.81 bits per heavy atom. The maximum atomic E-state index is 12.6. The van der Waals surface area contributed by atoms with Gasteiger partial charge in [-0.2, -0.15) is 13.2 Å². The van der Waals surface area contributed by atoms with Gasteiger partial charge in [0.15, 0.2) is 23.7 Å². The summed E-state index contributed by atoms with van der Waals surface area (Å²) in [5.41, 5.74) is 0.123. The van der Waals surface area contributed by atoms with Gasteiger partial charge in [-0.1, -0.05) is 6.07 Å². The Kier molecular flexibility index (Phi) is 8.21. The van der Waals surface area contributed by atoms with Gasteiger partial charge in [0.25, 0.3) is 0 Å². The lowest BCUT2D eigenvalue weighted by Crippen LogP contribution is -2.74. The first-order chi connectivity index (χ1) is 19.6. The van der Waals surface area contributed by atoms with Crippen molar-refractivity contribution in [3.63, 3.8) is 0 Å². The number of likely N-dealkylation sites (tertiary alicyclic amines) is 1. The number of likely N-dealkylation sites (N-methyl/N-ethyl adjacent to an activating group) is 1. The normalized spacial score (nSPS) is 27.6. The van der Waals surface area contributed by atoms with Gasteiger partial charge in [0.2, 0.25) is 0 Å². The molecule has 0 aromatic heterocycles. The number of halogens is 3. The van der Waals surface area contributed by atoms with E-state index < -0.39 is 53.3 Å². The number of hydrogen-bond acceptors (Lipinski definition) is 10. The number of piperidine rings is 1. The summed E-state index contributed by atoms with van der Waals surface area (Å²) in [7, 11) is 3.58. The van der Waals surface area contributed by atoms with Crippen LogP contribution in [0.25, 0.3) is 0 Å². The van der Waals surface area contributed by atoms with Crippen molar-refractivity contribution in [1.29, 1.82) is 0 Å². The van der Waals surface area contributed by atoms with Gasteiger partial charge in [-0.05, 0) is 51.1 Å². The van der Waals surface area contributed by atoms with E-state index in [2.05, 4.69) is 4.90 Å². The zero-order valence-corrected chi connectivity index (χ0v) is 22.9. The van der Waals surface area contributed by atoms with E-state index in [1.54, 1.807) is 13.2 Å². The van der Waals surface area contributed by atoms with Crippen molar-refractivity contribution in [3.8, 4) is 11.5 Å². The first-order valence-electron chi connectivity index (χ1n) is 13.0. The topological polar surface area (TPSA) is 169 Å². The zero-order chi connectivity index (χ0) is 31.2. The summed E-state index contributed by atoms with van der Waals surface area (Å²) in [6, 6.07) is 3.76. The van der Waals surface area contributed by atoms with Gasteiger partial charge in [0.05, 0.1) is 31.0 Å². The summed E-state index contributed by atoms with van der Waals surface area (Å²) in [5, 5.41) is 28.1. The molecule has 2 bridgehead atoms. The predicted octanol–water partition coefficient (Wildman–Crippen LogP) is 1.95. The lowest BCUT2D eigenvalue weighted by molar-refractivity contribution is -0.192. The van der Waals surface area contributed by atoms with Crippen molar-refractivity contribution < 1.29 is 66.6 Å². The van der Waals surface area contributed by atoms with Crippen LogP contribution in [0.15, 0.2) is 24.0 Å². The van der Waals surface area contributed by atoms with Crippen LogP contribution in [0.2, 0.25) is 0 Å². The SMILES string of the molecule is COc1ccc2c3c1O[C@H]1C(OC(=O)CCC(=O)OC(C)C(=O)O)=CC[C@@]4(O)[C@@H](C2)N(C)CC[C@]314.O=C(O)C(F)(F)F. The number of ether oxygens (including phenoxy) is 4. The molecule has 5 atom stereocenters. The first-order valence-corrected chi connectivity index (χ1v) is 13.0. The molecule has 2 aliphatic carbocycles. The van der Waals surface area contributed by atoms with Crippen LogP contribution in [-0.4, -0.2) is 94.8 Å². The van der Waals surface area contributed by atoms with E-state index in [9.17, 15) is 32.7 Å². The number of nitrogens with zero attached hydrogens (tertiary/aromatic N) is 1. The van der Waals surface area contributed by atoms with E-state index in [4.69, 9.17) is 34.0 Å². The van der Waals surface area contributed by atoms with E-state index in [1.807, 2.05) is 19.2 Å². The molecule has 42 heavy (non-hydrogen) atoms. The average molecular weight is 602 g/mol. The molecule has 1 aromatic rings. The van der Waals surface area contributed by atoms with Gasteiger partial charge in [0, 0.05) is 18.0 Å². The molecule has 0 amide bonds. The Hall–Kier alpha value is -3.85. The Bertz CT molecular complexity index is 1330. The van der Waals surface area contributed by atoms with E-state index in [1.165, 1.54) is 6.92 Å². The van der Waals surface area contributed by atoms with Crippen molar-refractivity contribution in [1.82, 2.24) is 4.90 Å². The number of hydrogen-bond donors (Lipinski definition) is 3. The monoisotopic (exact) mass is 601 g/mol. The maximum absolute atomic E-state index is 12.6. The number of alkyl halides is 3. The van der Waals surface area contributed by atoms with E-state index in [-0.39, 0.29) is 18.9 Å². The van der Waals surface area contributed by atoms with Crippen molar-refractivity contribution in [2.45, 2.75) is 74.5 Å². The van der Waals surface area contributed by atoms with E-state index in [0.717, 1.165) is 17.7 Å². The number of carbonyl (C=O) groups is 4. The van der Waals surface area contributed by atoms with Crippen LogP contribution in [0.5, 0.6) is 11.5 Å². The van der Waals surface area contributed by atoms with Gasteiger partial charge in [0.1, 0.15) is 5.76 Å². The molecule has 3 N–H and O–H groups in total. The summed E-state index contributed by atoms with van der Waals surface area (Å²) in [6.07, 6.45) is -4.39. The lowest BCUT2D eigenvalue weighted by atomic mass is 9.50. The third-order valence-corrected chi connectivity index (χ3v) is 8.22. The van der Waals surface area contributed by atoms with Gasteiger partial charge in [-0.15, -0.1) is 0 Å². The average Bonchev–Trinajstić information content (AvgIpc) is 3.26. The molecule has 15 heteroatoms. The van der Waals surface area contributed by atoms with Crippen molar-refractivity contribution in [3.05, 3.63) is 35.1 Å². The van der Waals surface area contributed by atoms with Gasteiger partial charge < -0.3 is 39.2 Å². The molecule has 1 fully saturated rings. The molecule has 1 aromatic carbocycles. The molecular formula is C27H30F3NO11. The molecule has 1 saturated heterocycles. The summed E-state index contributed by atoms with van der Waals surface area (Å²) in [5.74, 6) is -4.04. The minimum Gasteiger partial charge on any atom is -0.493 e. The third-order valence-electron chi connectivity index (χ3n) is 8.22. The molecule has 230 valence electrons. The fourth-order valence-electron chi connectivity index (χ4n) is 6.28. The minimum absolute atomic E-state index is 0.117.